The van der Waals surface area contributed by atoms with Crippen LogP contribution in [0.5, 0.6) is 0 Å². The molecule has 0 aliphatic rings. The largest absolute Gasteiger partial charge is 0.330 e. The molecule has 0 aliphatic heterocycles. The average molecular weight is 251 g/mol. The molecule has 0 radical (unpaired) electrons. The Labute approximate surface area is 99.8 Å². The first-order chi connectivity index (χ1) is 7.25. The van der Waals surface area contributed by atoms with Gasteiger partial charge in [0.05, 0.1) is 0 Å². The molecule has 0 saturated carbocycles. The zero-order valence-electron chi connectivity index (χ0n) is 11.0. The molecule has 0 atom stereocenters. The van der Waals surface area contributed by atoms with Crippen LogP contribution in [-0.2, 0) is 10.2 Å². The molecule has 0 aliphatic carbocycles. The van der Waals surface area contributed by atoms with Gasteiger partial charge in [-0.3, -0.25) is 0 Å². The molecule has 0 heterocycles. The quantitative estimate of drug-likeness (QED) is 0.721. The van der Waals surface area contributed by atoms with Crippen molar-refractivity contribution in [2.24, 2.45) is 5.73 Å². The van der Waals surface area contributed by atoms with E-state index in [1.165, 1.54) is 8.61 Å². The van der Waals surface area contributed by atoms with E-state index in [0.29, 0.717) is 19.5 Å². The summed E-state index contributed by atoms with van der Waals surface area (Å²) in [5, 5.41) is 0. The van der Waals surface area contributed by atoms with E-state index in [1.807, 2.05) is 27.7 Å². The molecule has 0 amide bonds. The van der Waals surface area contributed by atoms with Crippen molar-refractivity contribution in [2.75, 3.05) is 20.1 Å². The fraction of sp³-hybridized carbons (Fsp3) is 1.00. The summed E-state index contributed by atoms with van der Waals surface area (Å²) in [7, 11) is -1.75. The van der Waals surface area contributed by atoms with E-state index < -0.39 is 10.2 Å². The minimum atomic E-state index is -3.36. The lowest BCUT2D eigenvalue weighted by Gasteiger charge is -2.32. The van der Waals surface area contributed by atoms with Crippen molar-refractivity contribution in [3.8, 4) is 0 Å². The van der Waals surface area contributed by atoms with Gasteiger partial charge in [0.1, 0.15) is 0 Å². The molecule has 2 N–H and O–H groups in total. The van der Waals surface area contributed by atoms with Crippen LogP contribution in [0.15, 0.2) is 0 Å². The van der Waals surface area contributed by atoms with E-state index in [4.69, 9.17) is 5.73 Å². The monoisotopic (exact) mass is 251 g/mol. The summed E-state index contributed by atoms with van der Waals surface area (Å²) >= 11 is 0. The van der Waals surface area contributed by atoms with Gasteiger partial charge in [-0.15, -0.1) is 0 Å². The number of nitrogens with zero attached hydrogens (tertiary/aromatic N) is 2. The first-order valence-electron chi connectivity index (χ1n) is 5.70. The van der Waals surface area contributed by atoms with Gasteiger partial charge in [-0.25, -0.2) is 0 Å². The molecule has 0 spiro atoms. The van der Waals surface area contributed by atoms with E-state index in [2.05, 4.69) is 0 Å². The van der Waals surface area contributed by atoms with Crippen molar-refractivity contribution in [3.05, 3.63) is 0 Å². The lowest BCUT2D eigenvalue weighted by molar-refractivity contribution is 0.301. The molecule has 0 fully saturated rings. The molecule has 0 aromatic rings. The van der Waals surface area contributed by atoms with E-state index in [-0.39, 0.29) is 12.1 Å². The van der Waals surface area contributed by atoms with Crippen LogP contribution in [0.25, 0.3) is 0 Å². The topological polar surface area (TPSA) is 66.6 Å². The van der Waals surface area contributed by atoms with Crippen LogP contribution in [0.2, 0.25) is 0 Å². The maximum Gasteiger partial charge on any atom is 0.282 e. The maximum atomic E-state index is 12.2. The summed E-state index contributed by atoms with van der Waals surface area (Å²) in [5.41, 5.74) is 5.42. The van der Waals surface area contributed by atoms with Crippen LogP contribution in [0.1, 0.15) is 34.1 Å². The summed E-state index contributed by atoms with van der Waals surface area (Å²) in [5.74, 6) is 0. The van der Waals surface area contributed by atoms with E-state index in [1.54, 1.807) is 7.05 Å². The standard InChI is InChI=1S/C10H25N3O2S/c1-9(2)12(5)16(14,15)13(10(3)4)8-6-7-11/h9-10H,6-8,11H2,1-5H3. The summed E-state index contributed by atoms with van der Waals surface area (Å²) in [6.45, 7) is 8.46. The van der Waals surface area contributed by atoms with Crippen LogP contribution >= 0.6 is 0 Å². The molecule has 0 aromatic heterocycles. The van der Waals surface area contributed by atoms with Gasteiger partial charge in [-0.05, 0) is 40.7 Å². The SMILES string of the molecule is CC(C)N(C)S(=O)(=O)N(CCCN)C(C)C. The first kappa shape index (κ1) is 15.8. The minimum Gasteiger partial charge on any atom is -0.330 e. The highest BCUT2D eigenvalue weighted by molar-refractivity contribution is 7.86. The van der Waals surface area contributed by atoms with Crippen LogP contribution in [0.3, 0.4) is 0 Å². The molecule has 6 heteroatoms. The van der Waals surface area contributed by atoms with Crippen molar-refractivity contribution in [1.29, 1.82) is 0 Å². The fourth-order valence-electron chi connectivity index (χ4n) is 1.32. The van der Waals surface area contributed by atoms with Crippen LogP contribution in [0.4, 0.5) is 0 Å². The third-order valence-electron chi connectivity index (χ3n) is 2.55. The molecular formula is C10H25N3O2S. The van der Waals surface area contributed by atoms with Crippen LogP contribution < -0.4 is 5.73 Å². The van der Waals surface area contributed by atoms with Gasteiger partial charge in [0, 0.05) is 25.7 Å². The molecule has 98 valence electrons. The van der Waals surface area contributed by atoms with Crippen LogP contribution in [-0.4, -0.2) is 49.2 Å². The Bertz CT molecular complexity index is 288. The third kappa shape index (κ3) is 4.01. The Morgan fingerprint density at radius 2 is 1.62 bits per heavy atom. The third-order valence-corrected chi connectivity index (χ3v) is 4.89. The smallest absolute Gasteiger partial charge is 0.282 e. The Morgan fingerprint density at radius 1 is 1.12 bits per heavy atom. The van der Waals surface area contributed by atoms with Gasteiger partial charge >= 0.3 is 0 Å². The predicted octanol–water partition coefficient (Wildman–Crippen LogP) is 0.631. The molecule has 16 heavy (non-hydrogen) atoms. The summed E-state index contributed by atoms with van der Waals surface area (Å²) in [6.07, 6.45) is 0.684. The maximum absolute atomic E-state index is 12.2. The van der Waals surface area contributed by atoms with Gasteiger partial charge in [-0.1, -0.05) is 0 Å². The summed E-state index contributed by atoms with van der Waals surface area (Å²) in [4.78, 5) is 0. The lowest BCUT2D eigenvalue weighted by Crippen LogP contribution is -2.48. The van der Waals surface area contributed by atoms with E-state index in [0.717, 1.165) is 0 Å². The summed E-state index contributed by atoms with van der Waals surface area (Å²) in [6, 6.07) is -0.0816. The minimum absolute atomic E-state index is 0.0378. The van der Waals surface area contributed by atoms with Gasteiger partial charge in [-0.2, -0.15) is 17.0 Å². The second-order valence-electron chi connectivity index (χ2n) is 4.46. The van der Waals surface area contributed by atoms with Gasteiger partial charge in [0.2, 0.25) is 0 Å². The highest BCUT2D eigenvalue weighted by Gasteiger charge is 2.29. The lowest BCUT2D eigenvalue weighted by atomic mass is 10.3. The Morgan fingerprint density at radius 3 is 1.94 bits per heavy atom. The van der Waals surface area contributed by atoms with Crippen molar-refractivity contribution in [3.63, 3.8) is 0 Å². The van der Waals surface area contributed by atoms with Crippen molar-refractivity contribution < 1.29 is 8.42 Å². The normalized spacial score (nSPS) is 13.4. The van der Waals surface area contributed by atoms with Gasteiger partial charge in [0.15, 0.2) is 0 Å². The molecule has 0 aromatic carbocycles. The van der Waals surface area contributed by atoms with Crippen LogP contribution in [0, 0.1) is 0 Å². The molecule has 0 bridgehead atoms. The molecule has 0 rings (SSSR count). The summed E-state index contributed by atoms with van der Waals surface area (Å²) < 4.78 is 27.4. The predicted molar refractivity (Wildman–Crippen MR) is 67.3 cm³/mol. The number of nitrogens with two attached hydrogens (primary N) is 1. The Balaban J connectivity index is 4.90. The highest BCUT2D eigenvalue weighted by Crippen LogP contribution is 2.13. The fourth-order valence-corrected chi connectivity index (χ4v) is 3.08. The molecule has 0 unspecified atom stereocenters. The highest BCUT2D eigenvalue weighted by atomic mass is 32.2. The Hall–Kier alpha value is -0.170. The van der Waals surface area contributed by atoms with Crippen molar-refractivity contribution >= 4 is 10.2 Å². The van der Waals surface area contributed by atoms with Crippen molar-refractivity contribution in [1.82, 2.24) is 8.61 Å². The second-order valence-corrected chi connectivity index (χ2v) is 6.41. The zero-order chi connectivity index (χ0) is 12.9. The van der Waals surface area contributed by atoms with Gasteiger partial charge < -0.3 is 5.73 Å². The molecule has 0 saturated heterocycles. The molecule has 5 nitrogen and oxygen atoms in total. The van der Waals surface area contributed by atoms with E-state index in [9.17, 15) is 8.42 Å². The number of hydrogen-bond acceptors (Lipinski definition) is 3. The Kier molecular flexibility index (Phi) is 6.47. The number of hydrogen-bond donors (Lipinski definition) is 1. The van der Waals surface area contributed by atoms with Crippen molar-refractivity contribution in [2.45, 2.75) is 46.2 Å². The van der Waals surface area contributed by atoms with Gasteiger partial charge in [0.25, 0.3) is 10.2 Å². The number of rotatable bonds is 7. The second kappa shape index (κ2) is 6.54. The molecular weight excluding hydrogens is 226 g/mol. The average Bonchev–Trinajstić information content (AvgIpc) is 2.16. The van der Waals surface area contributed by atoms with E-state index >= 15 is 0 Å². The zero-order valence-corrected chi connectivity index (χ0v) is 11.8. The first-order valence-corrected chi connectivity index (χ1v) is 7.09.